The highest BCUT2D eigenvalue weighted by Gasteiger charge is 2.16. The maximum Gasteiger partial charge on any atom is 0.292 e. The van der Waals surface area contributed by atoms with Crippen molar-refractivity contribution in [2.75, 3.05) is 5.32 Å². The van der Waals surface area contributed by atoms with E-state index in [2.05, 4.69) is 20.4 Å². The Morgan fingerprint density at radius 2 is 2.13 bits per heavy atom. The first kappa shape index (κ1) is 14.8. The van der Waals surface area contributed by atoms with Crippen LogP contribution in [0.4, 0.5) is 5.82 Å². The minimum atomic E-state index is -0.415. The third-order valence-corrected chi connectivity index (χ3v) is 3.40. The van der Waals surface area contributed by atoms with E-state index in [0.29, 0.717) is 22.8 Å². The summed E-state index contributed by atoms with van der Waals surface area (Å²) < 4.78 is 6.44. The van der Waals surface area contributed by atoms with Crippen LogP contribution in [0, 0.1) is 20.8 Å². The lowest BCUT2D eigenvalue weighted by atomic mass is 10.3. The van der Waals surface area contributed by atoms with E-state index in [9.17, 15) is 9.59 Å². The molecular weight excluding hydrogens is 298 g/mol. The van der Waals surface area contributed by atoms with Gasteiger partial charge in [-0.3, -0.25) is 14.6 Å². The molecule has 118 valence electrons. The topological polar surface area (TPSA) is 106 Å². The van der Waals surface area contributed by atoms with Gasteiger partial charge in [0, 0.05) is 17.3 Å². The molecule has 0 bridgehead atoms. The second-order valence-electron chi connectivity index (χ2n) is 5.11. The number of amides is 1. The van der Waals surface area contributed by atoms with Crippen LogP contribution >= 0.6 is 0 Å². The average Bonchev–Trinajstić information content (AvgIpc) is 3.14. The number of hydrogen-bond donors (Lipinski definition) is 2. The molecule has 8 nitrogen and oxygen atoms in total. The SMILES string of the molecule is Cc1cc(NC(=O)c2ccco2)n(-c2nc(C)c(C)c(=O)[nH]2)n1. The first-order valence-corrected chi connectivity index (χ1v) is 6.95. The number of aromatic nitrogens is 4. The number of nitrogens with zero attached hydrogens (tertiary/aromatic N) is 3. The molecule has 0 radical (unpaired) electrons. The summed E-state index contributed by atoms with van der Waals surface area (Å²) in [6.45, 7) is 5.21. The van der Waals surface area contributed by atoms with Gasteiger partial charge in [0.05, 0.1) is 12.0 Å². The van der Waals surface area contributed by atoms with Crippen LogP contribution in [0.15, 0.2) is 33.7 Å². The van der Waals surface area contributed by atoms with Gasteiger partial charge in [-0.25, -0.2) is 4.98 Å². The molecule has 3 aromatic rings. The molecule has 0 saturated carbocycles. The zero-order chi connectivity index (χ0) is 16.6. The lowest BCUT2D eigenvalue weighted by molar-refractivity contribution is 0.0996. The molecule has 0 aliphatic rings. The zero-order valence-corrected chi connectivity index (χ0v) is 12.9. The summed E-state index contributed by atoms with van der Waals surface area (Å²) in [7, 11) is 0. The molecule has 3 rings (SSSR count). The second-order valence-corrected chi connectivity index (χ2v) is 5.11. The van der Waals surface area contributed by atoms with E-state index in [4.69, 9.17) is 4.42 Å². The van der Waals surface area contributed by atoms with E-state index in [-0.39, 0.29) is 17.3 Å². The summed E-state index contributed by atoms with van der Waals surface area (Å²) in [5.41, 5.74) is 1.56. The Hall–Kier alpha value is -3.16. The maximum atomic E-state index is 12.1. The second kappa shape index (κ2) is 5.56. The van der Waals surface area contributed by atoms with Crippen molar-refractivity contribution >= 4 is 11.7 Å². The van der Waals surface area contributed by atoms with Crippen LogP contribution in [0.5, 0.6) is 0 Å². The number of hydrogen-bond acceptors (Lipinski definition) is 5. The monoisotopic (exact) mass is 313 g/mol. The fraction of sp³-hybridized carbons (Fsp3) is 0.200. The lowest BCUT2D eigenvalue weighted by Crippen LogP contribution is -2.20. The van der Waals surface area contributed by atoms with Crippen molar-refractivity contribution in [2.24, 2.45) is 0 Å². The number of H-pyrrole nitrogens is 1. The number of aromatic amines is 1. The Balaban J connectivity index is 2.01. The predicted octanol–water partition coefficient (Wildman–Crippen LogP) is 1.73. The van der Waals surface area contributed by atoms with Crippen molar-refractivity contribution in [3.05, 3.63) is 57.5 Å². The molecule has 0 aromatic carbocycles. The van der Waals surface area contributed by atoms with Crippen LogP contribution in [0.3, 0.4) is 0 Å². The number of furan rings is 1. The normalized spacial score (nSPS) is 10.7. The van der Waals surface area contributed by atoms with Gasteiger partial charge in [-0.2, -0.15) is 9.78 Å². The number of nitrogens with one attached hydrogen (secondary N) is 2. The van der Waals surface area contributed by atoms with Crippen molar-refractivity contribution in [3.8, 4) is 5.95 Å². The number of anilines is 1. The summed E-state index contributed by atoms with van der Waals surface area (Å²) in [5.74, 6) is 0.385. The molecule has 0 fully saturated rings. The molecule has 2 N–H and O–H groups in total. The van der Waals surface area contributed by atoms with Crippen LogP contribution in [-0.2, 0) is 0 Å². The molecule has 0 saturated heterocycles. The Morgan fingerprint density at radius 1 is 1.35 bits per heavy atom. The zero-order valence-electron chi connectivity index (χ0n) is 12.9. The molecule has 1 amide bonds. The number of carbonyl (C=O) groups is 1. The van der Waals surface area contributed by atoms with Crippen LogP contribution in [0.1, 0.15) is 27.5 Å². The van der Waals surface area contributed by atoms with Gasteiger partial charge in [0.25, 0.3) is 11.5 Å². The Kier molecular flexibility index (Phi) is 3.57. The Morgan fingerprint density at radius 3 is 2.78 bits per heavy atom. The van der Waals surface area contributed by atoms with Gasteiger partial charge in [0.15, 0.2) is 5.76 Å². The van der Waals surface area contributed by atoms with Crippen LogP contribution < -0.4 is 10.9 Å². The summed E-state index contributed by atoms with van der Waals surface area (Å²) in [4.78, 5) is 31.0. The van der Waals surface area contributed by atoms with E-state index in [0.717, 1.165) is 0 Å². The first-order valence-electron chi connectivity index (χ1n) is 6.95. The van der Waals surface area contributed by atoms with Crippen LogP contribution in [-0.4, -0.2) is 25.7 Å². The highest BCUT2D eigenvalue weighted by molar-refractivity contribution is 6.01. The largest absolute Gasteiger partial charge is 0.459 e. The molecule has 0 atom stereocenters. The molecule has 0 aliphatic heterocycles. The molecule has 3 aromatic heterocycles. The summed E-state index contributed by atoms with van der Waals surface area (Å²) in [6.07, 6.45) is 1.42. The summed E-state index contributed by atoms with van der Waals surface area (Å²) in [5, 5.41) is 6.96. The van der Waals surface area contributed by atoms with Crippen molar-refractivity contribution in [3.63, 3.8) is 0 Å². The van der Waals surface area contributed by atoms with Gasteiger partial charge < -0.3 is 9.73 Å². The van der Waals surface area contributed by atoms with E-state index < -0.39 is 5.91 Å². The predicted molar refractivity (Wildman–Crippen MR) is 82.9 cm³/mol. The highest BCUT2D eigenvalue weighted by Crippen LogP contribution is 2.15. The minimum absolute atomic E-state index is 0.178. The van der Waals surface area contributed by atoms with E-state index in [1.807, 2.05) is 0 Å². The Labute approximate surface area is 131 Å². The average molecular weight is 313 g/mol. The third kappa shape index (κ3) is 2.78. The highest BCUT2D eigenvalue weighted by atomic mass is 16.3. The van der Waals surface area contributed by atoms with Crippen LogP contribution in [0.2, 0.25) is 0 Å². The molecule has 8 heteroatoms. The summed E-state index contributed by atoms with van der Waals surface area (Å²) in [6, 6.07) is 4.86. The fourth-order valence-corrected chi connectivity index (χ4v) is 2.07. The first-order chi connectivity index (χ1) is 11.0. The Bertz CT molecular complexity index is 921. The van der Waals surface area contributed by atoms with Gasteiger partial charge in [0.1, 0.15) is 5.82 Å². The molecular formula is C15H15N5O3. The third-order valence-electron chi connectivity index (χ3n) is 3.40. The molecule has 0 spiro atoms. The lowest BCUT2D eigenvalue weighted by Gasteiger charge is -2.08. The molecule has 0 aliphatic carbocycles. The minimum Gasteiger partial charge on any atom is -0.459 e. The fourth-order valence-electron chi connectivity index (χ4n) is 2.07. The number of carbonyl (C=O) groups excluding carboxylic acids is 1. The van der Waals surface area contributed by atoms with Crippen LogP contribution in [0.25, 0.3) is 5.95 Å². The van der Waals surface area contributed by atoms with E-state index >= 15 is 0 Å². The van der Waals surface area contributed by atoms with E-state index in [1.54, 1.807) is 39.0 Å². The van der Waals surface area contributed by atoms with Gasteiger partial charge in [-0.15, -0.1) is 0 Å². The molecule has 3 heterocycles. The molecule has 23 heavy (non-hydrogen) atoms. The maximum absolute atomic E-state index is 12.1. The van der Waals surface area contributed by atoms with Crippen molar-refractivity contribution in [2.45, 2.75) is 20.8 Å². The van der Waals surface area contributed by atoms with Gasteiger partial charge >= 0.3 is 0 Å². The van der Waals surface area contributed by atoms with Gasteiger partial charge in [-0.1, -0.05) is 0 Å². The quantitative estimate of drug-likeness (QED) is 0.766. The van der Waals surface area contributed by atoms with Gasteiger partial charge in [0.2, 0.25) is 5.95 Å². The van der Waals surface area contributed by atoms with Crippen molar-refractivity contribution in [1.82, 2.24) is 19.7 Å². The standard InChI is InChI=1S/C15H15N5O3/c1-8-7-12(17-14(22)11-5-4-6-23-11)20(19-8)15-16-10(3)9(2)13(21)18-15/h4-7H,1-3H3,(H,17,22)(H,16,18,21). The summed E-state index contributed by atoms with van der Waals surface area (Å²) >= 11 is 0. The number of aryl methyl sites for hydroxylation is 2. The van der Waals surface area contributed by atoms with Crippen molar-refractivity contribution < 1.29 is 9.21 Å². The number of rotatable bonds is 3. The smallest absolute Gasteiger partial charge is 0.292 e. The van der Waals surface area contributed by atoms with E-state index in [1.165, 1.54) is 10.9 Å². The molecule has 0 unspecified atom stereocenters. The van der Waals surface area contributed by atoms with Gasteiger partial charge in [-0.05, 0) is 32.9 Å². The van der Waals surface area contributed by atoms with Crippen molar-refractivity contribution in [1.29, 1.82) is 0 Å².